The van der Waals surface area contributed by atoms with E-state index < -0.39 is 5.60 Å². The van der Waals surface area contributed by atoms with Crippen LogP contribution in [0.3, 0.4) is 0 Å². The largest absolute Gasteiger partial charge is 0.490 e. The summed E-state index contributed by atoms with van der Waals surface area (Å²) in [6, 6.07) is 8.01. The zero-order chi connectivity index (χ0) is 23.8. The Bertz CT molecular complexity index is 924. The second-order valence-electron chi connectivity index (χ2n) is 9.03. The van der Waals surface area contributed by atoms with Crippen LogP contribution in [-0.4, -0.2) is 91.3 Å². The molecular formula is C25H37N5O4. The molecule has 9 heteroatoms. The lowest BCUT2D eigenvalue weighted by Crippen LogP contribution is -2.43. The topological polar surface area (TPSA) is 92.2 Å². The normalized spacial score (nSPS) is 21.1. The Balaban J connectivity index is 1.26. The average molecular weight is 472 g/mol. The lowest BCUT2D eigenvalue weighted by atomic mass is 10.0. The fourth-order valence-electron chi connectivity index (χ4n) is 4.41. The molecule has 2 N–H and O–H groups in total. The number of rotatable bonds is 11. The van der Waals surface area contributed by atoms with Crippen molar-refractivity contribution in [2.75, 3.05) is 70.6 Å². The molecule has 0 aliphatic carbocycles. The second-order valence-corrected chi connectivity index (χ2v) is 9.03. The minimum atomic E-state index is -0.788. The fraction of sp³-hybridized carbons (Fsp3) is 0.600. The molecule has 2 aliphatic rings. The van der Waals surface area contributed by atoms with E-state index in [-0.39, 0.29) is 0 Å². The number of aromatic nitrogens is 2. The molecule has 1 aromatic carbocycles. The molecule has 2 saturated heterocycles. The Morgan fingerprint density at radius 3 is 2.76 bits per heavy atom. The molecule has 186 valence electrons. The molecule has 0 bridgehead atoms. The van der Waals surface area contributed by atoms with E-state index in [9.17, 15) is 5.11 Å². The molecule has 0 spiro atoms. The van der Waals surface area contributed by atoms with Gasteiger partial charge in [0, 0.05) is 57.6 Å². The van der Waals surface area contributed by atoms with Crippen molar-refractivity contribution in [3.8, 4) is 11.5 Å². The Morgan fingerprint density at radius 2 is 1.97 bits per heavy atom. The lowest BCUT2D eigenvalue weighted by molar-refractivity contribution is 0.0320. The summed E-state index contributed by atoms with van der Waals surface area (Å²) in [4.78, 5) is 13.0. The van der Waals surface area contributed by atoms with Crippen molar-refractivity contribution < 1.29 is 19.3 Å². The van der Waals surface area contributed by atoms with E-state index in [1.54, 1.807) is 6.33 Å². The van der Waals surface area contributed by atoms with Gasteiger partial charge >= 0.3 is 0 Å². The highest BCUT2D eigenvalue weighted by atomic mass is 16.5. The van der Waals surface area contributed by atoms with Crippen LogP contribution in [0.15, 0.2) is 30.6 Å². The number of hydrogen-bond donors (Lipinski definition) is 2. The Kier molecular flexibility index (Phi) is 8.55. The number of β-amino-alcohol motifs (C(OH)–C–C–N with tert-alkyl or cyclic N) is 1. The van der Waals surface area contributed by atoms with E-state index in [2.05, 4.69) is 25.1 Å². The smallest absolute Gasteiger partial charge is 0.161 e. The molecule has 1 aromatic heterocycles. The molecule has 1 unspecified atom stereocenters. The summed E-state index contributed by atoms with van der Waals surface area (Å²) in [5, 5.41) is 14.5. The number of ether oxygens (including phenoxy) is 3. The molecule has 0 amide bonds. The molecule has 2 aliphatic heterocycles. The van der Waals surface area contributed by atoms with E-state index >= 15 is 0 Å². The number of anilines is 1. The Hall–Kier alpha value is -2.46. The minimum absolute atomic E-state index is 0.509. The summed E-state index contributed by atoms with van der Waals surface area (Å²) in [7, 11) is 0. The number of hydrogen-bond acceptors (Lipinski definition) is 9. The van der Waals surface area contributed by atoms with Crippen LogP contribution in [0.25, 0.3) is 0 Å². The summed E-state index contributed by atoms with van der Waals surface area (Å²) < 4.78 is 17.3. The van der Waals surface area contributed by atoms with Crippen LogP contribution in [0.5, 0.6) is 11.5 Å². The van der Waals surface area contributed by atoms with Gasteiger partial charge in [-0.1, -0.05) is 6.07 Å². The van der Waals surface area contributed by atoms with Crippen molar-refractivity contribution in [1.29, 1.82) is 0 Å². The highest BCUT2D eigenvalue weighted by Crippen LogP contribution is 2.29. The van der Waals surface area contributed by atoms with Gasteiger partial charge in [-0.05, 0) is 38.0 Å². The van der Waals surface area contributed by atoms with Crippen LogP contribution in [0.4, 0.5) is 5.82 Å². The summed E-state index contributed by atoms with van der Waals surface area (Å²) >= 11 is 0. The first kappa shape index (κ1) is 24.7. The molecule has 4 rings (SSSR count). The van der Waals surface area contributed by atoms with Gasteiger partial charge in [0.15, 0.2) is 11.5 Å². The molecule has 9 nitrogen and oxygen atoms in total. The highest BCUT2D eigenvalue weighted by Gasteiger charge is 2.36. The predicted molar refractivity (Wildman–Crippen MR) is 131 cm³/mol. The van der Waals surface area contributed by atoms with Crippen molar-refractivity contribution in [2.24, 2.45) is 0 Å². The van der Waals surface area contributed by atoms with Crippen LogP contribution >= 0.6 is 0 Å². The maximum atomic E-state index is 11.1. The maximum Gasteiger partial charge on any atom is 0.161 e. The predicted octanol–water partition coefficient (Wildman–Crippen LogP) is 1.63. The van der Waals surface area contributed by atoms with Crippen molar-refractivity contribution in [3.63, 3.8) is 0 Å². The SMILES string of the molecule is CCOc1cc(CNCC2(O)CCN(c3cc(C)ncn3)C2)ccc1OCCN1CCOCC1. The molecule has 0 radical (unpaired) electrons. The maximum absolute atomic E-state index is 11.1. The molecule has 1 atom stereocenters. The first-order chi connectivity index (χ1) is 16.5. The van der Waals surface area contributed by atoms with E-state index in [1.807, 2.05) is 38.1 Å². The van der Waals surface area contributed by atoms with Crippen LogP contribution in [0, 0.1) is 6.92 Å². The zero-order valence-corrected chi connectivity index (χ0v) is 20.3. The number of aryl methyl sites for hydroxylation is 1. The minimum Gasteiger partial charge on any atom is -0.490 e. The second kappa shape index (κ2) is 11.8. The Labute approximate surface area is 202 Å². The third-order valence-corrected chi connectivity index (χ3v) is 6.31. The van der Waals surface area contributed by atoms with Gasteiger partial charge in [-0.2, -0.15) is 0 Å². The van der Waals surface area contributed by atoms with Gasteiger partial charge in [0.25, 0.3) is 0 Å². The van der Waals surface area contributed by atoms with Crippen molar-refractivity contribution >= 4 is 5.82 Å². The van der Waals surface area contributed by atoms with Crippen molar-refractivity contribution in [3.05, 3.63) is 41.9 Å². The lowest BCUT2D eigenvalue weighted by Gasteiger charge is -2.26. The Morgan fingerprint density at radius 1 is 1.12 bits per heavy atom. The highest BCUT2D eigenvalue weighted by molar-refractivity contribution is 5.43. The van der Waals surface area contributed by atoms with Crippen LogP contribution in [0.1, 0.15) is 24.6 Å². The van der Waals surface area contributed by atoms with E-state index in [1.165, 1.54) is 0 Å². The first-order valence-corrected chi connectivity index (χ1v) is 12.2. The monoisotopic (exact) mass is 471 g/mol. The van der Waals surface area contributed by atoms with Gasteiger partial charge in [0.05, 0.1) is 25.4 Å². The molecule has 34 heavy (non-hydrogen) atoms. The summed E-state index contributed by atoms with van der Waals surface area (Å²) in [5.74, 6) is 2.40. The van der Waals surface area contributed by atoms with E-state index in [0.29, 0.717) is 39.3 Å². The third kappa shape index (κ3) is 6.79. The van der Waals surface area contributed by atoms with Crippen LogP contribution < -0.4 is 19.7 Å². The van der Waals surface area contributed by atoms with Gasteiger partial charge in [-0.15, -0.1) is 0 Å². The van der Waals surface area contributed by atoms with Gasteiger partial charge in [0.2, 0.25) is 0 Å². The van der Waals surface area contributed by atoms with Crippen molar-refractivity contribution in [1.82, 2.24) is 20.2 Å². The summed E-state index contributed by atoms with van der Waals surface area (Å²) in [5.41, 5.74) is 1.23. The first-order valence-electron chi connectivity index (χ1n) is 12.2. The zero-order valence-electron chi connectivity index (χ0n) is 20.3. The van der Waals surface area contributed by atoms with E-state index in [0.717, 1.165) is 68.0 Å². The van der Waals surface area contributed by atoms with Crippen molar-refractivity contribution in [2.45, 2.75) is 32.4 Å². The third-order valence-electron chi connectivity index (χ3n) is 6.31. The molecule has 2 fully saturated rings. The molecule has 3 heterocycles. The number of nitrogens with one attached hydrogen (secondary N) is 1. The molecule has 2 aromatic rings. The van der Waals surface area contributed by atoms with Gasteiger partial charge in [0.1, 0.15) is 18.8 Å². The molecular weight excluding hydrogens is 434 g/mol. The average Bonchev–Trinajstić information content (AvgIpc) is 3.23. The quantitative estimate of drug-likeness (QED) is 0.507. The van der Waals surface area contributed by atoms with Gasteiger partial charge in [-0.25, -0.2) is 9.97 Å². The molecule has 0 saturated carbocycles. The van der Waals surface area contributed by atoms with Crippen LogP contribution in [-0.2, 0) is 11.3 Å². The van der Waals surface area contributed by atoms with Gasteiger partial charge in [-0.3, -0.25) is 4.90 Å². The summed E-state index contributed by atoms with van der Waals surface area (Å²) in [6.45, 7) is 12.0. The number of morpholine rings is 1. The standard InChI is InChI=1S/C25H37N5O4/c1-3-33-23-15-21(4-5-22(23)34-13-10-29-8-11-32-12-9-29)16-26-17-25(31)6-7-30(18-25)24-14-20(2)27-19-28-24/h4-5,14-15,19,26,31H,3,6-13,16-18H2,1-2H3. The number of nitrogens with zero attached hydrogens (tertiary/aromatic N) is 4. The van der Waals surface area contributed by atoms with Crippen LogP contribution in [0.2, 0.25) is 0 Å². The van der Waals surface area contributed by atoms with Gasteiger partial charge < -0.3 is 29.5 Å². The number of benzene rings is 1. The summed E-state index contributed by atoms with van der Waals surface area (Å²) in [6.07, 6.45) is 2.27. The fourth-order valence-corrected chi connectivity index (χ4v) is 4.41. The van der Waals surface area contributed by atoms with E-state index in [4.69, 9.17) is 14.2 Å². The number of aliphatic hydroxyl groups is 1.